The molecule has 0 atom stereocenters. The van der Waals surface area contributed by atoms with E-state index in [1.165, 1.54) is 0 Å². The highest BCUT2D eigenvalue weighted by Crippen LogP contribution is 2.18. The van der Waals surface area contributed by atoms with E-state index in [9.17, 15) is 4.79 Å². The van der Waals surface area contributed by atoms with Crippen molar-refractivity contribution >= 4 is 18.3 Å². The van der Waals surface area contributed by atoms with Crippen molar-refractivity contribution in [3.05, 3.63) is 24.3 Å². The minimum atomic E-state index is 0. The van der Waals surface area contributed by atoms with Gasteiger partial charge in [0.15, 0.2) is 0 Å². The van der Waals surface area contributed by atoms with Gasteiger partial charge in [-0.3, -0.25) is 9.69 Å². The zero-order valence-corrected chi connectivity index (χ0v) is 14.7. The number of hydrogen-bond acceptors (Lipinski definition) is 4. The fourth-order valence-corrected chi connectivity index (χ4v) is 1.88. The maximum absolute atomic E-state index is 12.0. The molecule has 0 heterocycles. The monoisotopic (exact) mass is 330 g/mol. The fraction of sp³-hybridized carbons (Fsp3) is 0.562. The summed E-state index contributed by atoms with van der Waals surface area (Å²) in [4.78, 5) is 15.8. The van der Waals surface area contributed by atoms with Crippen LogP contribution in [0.5, 0.6) is 11.5 Å². The number of ether oxygens (including phenoxy) is 2. The Balaban J connectivity index is 0.00000441. The molecule has 0 bridgehead atoms. The molecule has 5 nitrogen and oxygen atoms in total. The second-order valence-corrected chi connectivity index (χ2v) is 4.80. The molecule has 0 radical (unpaired) electrons. The van der Waals surface area contributed by atoms with Gasteiger partial charge in [-0.2, -0.15) is 0 Å². The molecule has 0 fully saturated rings. The number of halogens is 1. The van der Waals surface area contributed by atoms with Gasteiger partial charge in [-0.15, -0.1) is 12.4 Å². The number of nitrogens with zero attached hydrogens (tertiary/aromatic N) is 2. The Kier molecular flexibility index (Phi) is 10.4. The summed E-state index contributed by atoms with van der Waals surface area (Å²) in [5.41, 5.74) is 0. The van der Waals surface area contributed by atoms with Gasteiger partial charge in [0.2, 0.25) is 5.91 Å². The molecule has 0 aliphatic rings. The third-order valence-electron chi connectivity index (χ3n) is 3.42. The summed E-state index contributed by atoms with van der Waals surface area (Å²) in [6.45, 7) is 7.38. The maximum atomic E-state index is 12.0. The summed E-state index contributed by atoms with van der Waals surface area (Å²) >= 11 is 0. The first-order valence-electron chi connectivity index (χ1n) is 7.33. The van der Waals surface area contributed by atoms with E-state index in [4.69, 9.17) is 9.47 Å². The molecule has 1 amide bonds. The van der Waals surface area contributed by atoms with Crippen LogP contribution < -0.4 is 9.47 Å². The number of carbonyl (C=O) groups excluding carboxylic acids is 1. The number of rotatable bonds is 9. The summed E-state index contributed by atoms with van der Waals surface area (Å²) < 4.78 is 10.8. The van der Waals surface area contributed by atoms with Gasteiger partial charge < -0.3 is 14.4 Å². The average Bonchev–Trinajstić information content (AvgIpc) is 2.52. The first kappa shape index (κ1) is 20.5. The highest BCUT2D eigenvalue weighted by molar-refractivity contribution is 5.85. The summed E-state index contributed by atoms with van der Waals surface area (Å²) in [6, 6.07) is 7.45. The Morgan fingerprint density at radius 1 is 1.18 bits per heavy atom. The van der Waals surface area contributed by atoms with Crippen molar-refractivity contribution < 1.29 is 14.3 Å². The first-order valence-corrected chi connectivity index (χ1v) is 7.33. The number of amides is 1. The van der Waals surface area contributed by atoms with Crippen molar-refractivity contribution in [3.8, 4) is 11.5 Å². The van der Waals surface area contributed by atoms with E-state index >= 15 is 0 Å². The predicted octanol–water partition coefficient (Wildman–Crippen LogP) is 2.30. The van der Waals surface area contributed by atoms with Gasteiger partial charge >= 0.3 is 0 Å². The van der Waals surface area contributed by atoms with Crippen LogP contribution >= 0.6 is 12.4 Å². The molecule has 0 aliphatic carbocycles. The van der Waals surface area contributed by atoms with Crippen molar-refractivity contribution in [3.63, 3.8) is 0 Å². The number of hydrogen-bond donors (Lipinski definition) is 0. The second-order valence-electron chi connectivity index (χ2n) is 4.80. The van der Waals surface area contributed by atoms with E-state index in [0.29, 0.717) is 19.7 Å². The minimum absolute atomic E-state index is 0. The molecule has 1 aromatic rings. The van der Waals surface area contributed by atoms with Crippen LogP contribution in [0.4, 0.5) is 0 Å². The Morgan fingerprint density at radius 3 is 2.41 bits per heavy atom. The Morgan fingerprint density at radius 2 is 1.82 bits per heavy atom. The lowest BCUT2D eigenvalue weighted by molar-refractivity contribution is -0.131. The average molecular weight is 331 g/mol. The lowest BCUT2D eigenvalue weighted by Crippen LogP contribution is -2.39. The van der Waals surface area contributed by atoms with Gasteiger partial charge in [0.1, 0.15) is 18.1 Å². The van der Waals surface area contributed by atoms with Gasteiger partial charge in [0.05, 0.1) is 20.2 Å². The Hall–Kier alpha value is -1.46. The molecule has 1 rings (SSSR count). The predicted molar refractivity (Wildman–Crippen MR) is 91.2 cm³/mol. The zero-order valence-electron chi connectivity index (χ0n) is 13.9. The summed E-state index contributed by atoms with van der Waals surface area (Å²) in [6.07, 6.45) is 0. The van der Waals surface area contributed by atoms with Crippen LogP contribution in [0.2, 0.25) is 0 Å². The summed E-state index contributed by atoms with van der Waals surface area (Å²) in [7, 11) is 3.43. The molecular formula is C16H27ClN2O3. The van der Waals surface area contributed by atoms with Crippen LogP contribution in [0, 0.1) is 0 Å². The van der Waals surface area contributed by atoms with Gasteiger partial charge in [-0.25, -0.2) is 0 Å². The number of likely N-dealkylation sites (N-methyl/N-ethyl adjacent to an activating group) is 2. The normalized spacial score (nSPS) is 10.0. The molecular weight excluding hydrogens is 304 g/mol. The van der Waals surface area contributed by atoms with Crippen molar-refractivity contribution in [2.75, 3.05) is 46.9 Å². The van der Waals surface area contributed by atoms with Crippen LogP contribution in [-0.2, 0) is 4.79 Å². The van der Waals surface area contributed by atoms with E-state index in [1.54, 1.807) is 19.1 Å². The minimum Gasteiger partial charge on any atom is -0.497 e. The number of benzene rings is 1. The van der Waals surface area contributed by atoms with Gasteiger partial charge in [-0.1, -0.05) is 19.9 Å². The standard InChI is InChI=1S/C16H26N2O3.ClH/c1-5-18(6-2)13-16(19)17(3)10-11-21-15-9-7-8-14(12-15)20-4;/h7-9,12H,5-6,10-11,13H2,1-4H3;1H. The third kappa shape index (κ3) is 7.00. The molecule has 0 saturated heterocycles. The van der Waals surface area contributed by atoms with Crippen LogP contribution in [0.15, 0.2) is 24.3 Å². The summed E-state index contributed by atoms with van der Waals surface area (Å²) in [5, 5.41) is 0. The lowest BCUT2D eigenvalue weighted by atomic mass is 10.3. The third-order valence-corrected chi connectivity index (χ3v) is 3.42. The van der Waals surface area contributed by atoms with Crippen molar-refractivity contribution in [2.24, 2.45) is 0 Å². The SMILES string of the molecule is CCN(CC)CC(=O)N(C)CCOc1cccc(OC)c1.Cl. The maximum Gasteiger partial charge on any atom is 0.236 e. The van der Waals surface area contributed by atoms with E-state index in [1.807, 2.05) is 24.3 Å². The highest BCUT2D eigenvalue weighted by atomic mass is 35.5. The molecule has 0 spiro atoms. The molecule has 22 heavy (non-hydrogen) atoms. The molecule has 1 aromatic carbocycles. The van der Waals surface area contributed by atoms with E-state index < -0.39 is 0 Å². The largest absolute Gasteiger partial charge is 0.497 e. The Bertz CT molecular complexity index is 439. The van der Waals surface area contributed by atoms with Crippen LogP contribution in [-0.4, -0.2) is 62.7 Å². The number of methoxy groups -OCH3 is 1. The van der Waals surface area contributed by atoms with Crippen molar-refractivity contribution in [2.45, 2.75) is 13.8 Å². The van der Waals surface area contributed by atoms with E-state index in [0.717, 1.165) is 24.6 Å². The molecule has 126 valence electrons. The smallest absolute Gasteiger partial charge is 0.236 e. The van der Waals surface area contributed by atoms with Gasteiger partial charge in [0, 0.05) is 13.1 Å². The molecule has 0 saturated carbocycles. The number of carbonyl (C=O) groups is 1. The zero-order chi connectivity index (χ0) is 15.7. The Labute approximate surface area is 139 Å². The van der Waals surface area contributed by atoms with Crippen LogP contribution in [0.25, 0.3) is 0 Å². The quantitative estimate of drug-likeness (QED) is 0.696. The molecule has 0 unspecified atom stereocenters. The lowest BCUT2D eigenvalue weighted by Gasteiger charge is -2.22. The molecule has 0 aromatic heterocycles. The van der Waals surface area contributed by atoms with E-state index in [2.05, 4.69) is 18.7 Å². The highest BCUT2D eigenvalue weighted by Gasteiger charge is 2.12. The van der Waals surface area contributed by atoms with Crippen LogP contribution in [0.3, 0.4) is 0 Å². The molecule has 0 aliphatic heterocycles. The van der Waals surface area contributed by atoms with Crippen LogP contribution in [0.1, 0.15) is 13.8 Å². The first-order chi connectivity index (χ1) is 10.1. The van der Waals surface area contributed by atoms with Gasteiger partial charge in [-0.05, 0) is 25.2 Å². The molecule has 6 heteroatoms. The fourth-order valence-electron chi connectivity index (χ4n) is 1.88. The summed E-state index contributed by atoms with van der Waals surface area (Å²) in [5.74, 6) is 1.63. The van der Waals surface area contributed by atoms with E-state index in [-0.39, 0.29) is 18.3 Å². The molecule has 0 N–H and O–H groups in total. The van der Waals surface area contributed by atoms with Crippen molar-refractivity contribution in [1.29, 1.82) is 0 Å². The van der Waals surface area contributed by atoms with Gasteiger partial charge in [0.25, 0.3) is 0 Å². The van der Waals surface area contributed by atoms with Crippen molar-refractivity contribution in [1.82, 2.24) is 9.80 Å². The second kappa shape index (κ2) is 11.2. The topological polar surface area (TPSA) is 42.0 Å².